The van der Waals surface area contributed by atoms with Crippen molar-refractivity contribution in [3.63, 3.8) is 0 Å². The predicted molar refractivity (Wildman–Crippen MR) is 183 cm³/mol. The van der Waals surface area contributed by atoms with Crippen molar-refractivity contribution in [1.29, 1.82) is 0 Å². The summed E-state index contributed by atoms with van der Waals surface area (Å²) in [5, 5.41) is 10.5. The fraction of sp³-hybridized carbons (Fsp3) is 0.229. The Morgan fingerprint density at radius 2 is 1.47 bits per heavy atom. The minimum Gasteiger partial charge on any atom is -0.506 e. The quantitative estimate of drug-likeness (QED) is 0.0822. The second-order valence-corrected chi connectivity index (χ2v) is 13.1. The molecule has 1 heterocycles. The number of unbranched alkanes of at least 4 members (excludes halogenated alkanes) is 2. The highest BCUT2D eigenvalue weighted by molar-refractivity contribution is 7.86. The summed E-state index contributed by atoms with van der Waals surface area (Å²) in [5.74, 6) is -0.141. The first-order chi connectivity index (χ1) is 21.5. The van der Waals surface area contributed by atoms with E-state index in [1.54, 1.807) is 18.2 Å². The number of rotatable bonds is 11. The lowest BCUT2D eigenvalue weighted by molar-refractivity contribution is 0.474. The third-order valence-electron chi connectivity index (χ3n) is 7.68. The minimum absolute atomic E-state index is 0.00247. The van der Waals surface area contributed by atoms with Gasteiger partial charge in [-0.2, -0.15) is 8.42 Å². The number of nitrogens with zero attached hydrogens (tertiary/aromatic N) is 1. The maximum atomic E-state index is 12.8. The fourth-order valence-corrected chi connectivity index (χ4v) is 6.37. The zero-order valence-corrected chi connectivity index (χ0v) is 27.2. The number of anilines is 1. The second kappa shape index (κ2) is 13.7. The van der Waals surface area contributed by atoms with E-state index in [1.165, 1.54) is 36.0 Å². The van der Waals surface area contributed by atoms with Gasteiger partial charge in [0.2, 0.25) is 5.43 Å². The van der Waals surface area contributed by atoms with Crippen molar-refractivity contribution in [2.24, 2.45) is 0 Å². The van der Waals surface area contributed by atoms with Crippen LogP contribution in [0.15, 0.2) is 80.8 Å². The predicted octanol–water partition coefficient (Wildman–Crippen LogP) is 9.40. The average molecular weight is 667 g/mol. The van der Waals surface area contributed by atoms with Gasteiger partial charge in [0, 0.05) is 53.0 Å². The van der Waals surface area contributed by atoms with Crippen LogP contribution in [0.25, 0.3) is 45.6 Å². The third kappa shape index (κ3) is 7.20. The summed E-state index contributed by atoms with van der Waals surface area (Å²) in [6.07, 6.45) is 8.16. The summed E-state index contributed by atoms with van der Waals surface area (Å²) in [6, 6.07) is 18.2. The molecule has 1 aliphatic carbocycles. The molecule has 1 aliphatic heterocycles. The van der Waals surface area contributed by atoms with Gasteiger partial charge in [-0.25, -0.2) is 0 Å². The number of phenols is 1. The molecule has 7 nitrogen and oxygen atoms in total. The van der Waals surface area contributed by atoms with Crippen LogP contribution in [-0.4, -0.2) is 31.2 Å². The van der Waals surface area contributed by atoms with E-state index in [9.17, 15) is 22.9 Å². The van der Waals surface area contributed by atoms with E-state index in [0.717, 1.165) is 44.3 Å². The Hall–Kier alpha value is -3.82. The number of hydrogen-bond donors (Lipinski definition) is 2. The molecule has 0 bridgehead atoms. The van der Waals surface area contributed by atoms with Crippen LogP contribution in [0.2, 0.25) is 10.0 Å². The first-order valence-corrected chi connectivity index (χ1v) is 16.9. The SMILES string of the molecule is CCCCN(CCCC)c1ccc(C=Cc2ccc(-c3c4cc(Cl)c(=O)cc-4oc4cc(O)c(Cl)cc34)c(S(=O)(=O)O)c2)cc1. The molecule has 0 fully saturated rings. The molecule has 0 aromatic heterocycles. The normalized spacial score (nSPS) is 12.0. The van der Waals surface area contributed by atoms with E-state index in [1.807, 2.05) is 18.2 Å². The number of benzene rings is 4. The molecule has 5 rings (SSSR count). The average Bonchev–Trinajstić information content (AvgIpc) is 3.01. The summed E-state index contributed by atoms with van der Waals surface area (Å²) >= 11 is 12.4. The van der Waals surface area contributed by atoms with Gasteiger partial charge in [0.05, 0.1) is 10.0 Å². The highest BCUT2D eigenvalue weighted by atomic mass is 35.5. The van der Waals surface area contributed by atoms with Gasteiger partial charge < -0.3 is 14.4 Å². The lowest BCUT2D eigenvalue weighted by Gasteiger charge is -2.24. The van der Waals surface area contributed by atoms with Gasteiger partial charge in [-0.15, -0.1) is 0 Å². The Kier molecular flexibility index (Phi) is 9.89. The van der Waals surface area contributed by atoms with E-state index < -0.39 is 15.5 Å². The zero-order chi connectivity index (χ0) is 32.3. The van der Waals surface area contributed by atoms with Crippen LogP contribution in [0, 0.1) is 0 Å². The maximum Gasteiger partial charge on any atom is 0.295 e. The van der Waals surface area contributed by atoms with Crippen molar-refractivity contribution in [2.45, 2.75) is 44.4 Å². The lowest BCUT2D eigenvalue weighted by atomic mass is 9.93. The topological polar surface area (TPSA) is 108 Å². The number of hydrogen-bond acceptors (Lipinski definition) is 6. The zero-order valence-electron chi connectivity index (χ0n) is 24.9. The largest absolute Gasteiger partial charge is 0.506 e. The molecule has 0 radical (unpaired) electrons. The van der Waals surface area contributed by atoms with Gasteiger partial charge in [-0.3, -0.25) is 9.35 Å². The number of fused-ring (bicyclic) bond motifs is 2. The summed E-state index contributed by atoms with van der Waals surface area (Å²) in [5.41, 5.74) is 3.07. The molecule has 10 heteroatoms. The molecule has 2 aliphatic rings. The van der Waals surface area contributed by atoms with Crippen molar-refractivity contribution in [3.8, 4) is 28.2 Å². The molecule has 234 valence electrons. The van der Waals surface area contributed by atoms with Gasteiger partial charge in [0.15, 0.2) is 0 Å². The van der Waals surface area contributed by atoms with Crippen LogP contribution in [0.1, 0.15) is 50.7 Å². The van der Waals surface area contributed by atoms with Crippen molar-refractivity contribution < 1.29 is 22.5 Å². The van der Waals surface area contributed by atoms with Crippen LogP contribution in [0.5, 0.6) is 5.75 Å². The molecule has 0 spiro atoms. The molecule has 45 heavy (non-hydrogen) atoms. The Morgan fingerprint density at radius 3 is 2.11 bits per heavy atom. The van der Waals surface area contributed by atoms with Gasteiger partial charge >= 0.3 is 0 Å². The smallest absolute Gasteiger partial charge is 0.295 e. The van der Waals surface area contributed by atoms with Gasteiger partial charge in [0.1, 0.15) is 22.0 Å². The van der Waals surface area contributed by atoms with Gasteiger partial charge in [-0.1, -0.05) is 86.3 Å². The number of halogens is 2. The van der Waals surface area contributed by atoms with E-state index in [4.69, 9.17) is 27.6 Å². The van der Waals surface area contributed by atoms with Crippen LogP contribution < -0.4 is 10.3 Å². The molecular weight excluding hydrogens is 633 g/mol. The minimum atomic E-state index is -4.74. The van der Waals surface area contributed by atoms with Crippen molar-refractivity contribution in [2.75, 3.05) is 18.0 Å². The molecule has 3 aromatic rings. The maximum absolute atomic E-state index is 12.8. The van der Waals surface area contributed by atoms with E-state index in [-0.39, 0.29) is 37.6 Å². The van der Waals surface area contributed by atoms with Crippen molar-refractivity contribution >= 4 is 62.1 Å². The summed E-state index contributed by atoms with van der Waals surface area (Å²) in [6.45, 7) is 6.39. The van der Waals surface area contributed by atoms with Crippen LogP contribution >= 0.6 is 23.2 Å². The standard InChI is InChI=1S/C35H33Cl2NO6S/c1-3-5-15-38(16-6-4-2)24-12-9-22(10-13-24)7-8-23-11-14-25(34(17-23)45(41,42)43)35-26-18-28(36)30(39)20-32(26)44-33-21-31(40)29(37)19-27(33)35/h7-14,17-21,39H,3-6,15-16H2,1-2H3,(H,41,42,43). The first kappa shape index (κ1) is 32.6. The third-order valence-corrected chi connectivity index (χ3v) is 9.18. The second-order valence-electron chi connectivity index (χ2n) is 10.9. The first-order valence-electron chi connectivity index (χ1n) is 14.7. The van der Waals surface area contributed by atoms with Crippen LogP contribution in [0.3, 0.4) is 0 Å². The summed E-state index contributed by atoms with van der Waals surface area (Å²) in [4.78, 5) is 14.4. The molecular formula is C35H33Cl2NO6S. The molecule has 3 aromatic carbocycles. The van der Waals surface area contributed by atoms with E-state index in [2.05, 4.69) is 30.9 Å². The molecule has 0 unspecified atom stereocenters. The van der Waals surface area contributed by atoms with Crippen LogP contribution in [0.4, 0.5) is 5.69 Å². The van der Waals surface area contributed by atoms with Crippen molar-refractivity contribution in [3.05, 3.63) is 98.1 Å². The molecule has 0 atom stereocenters. The highest BCUT2D eigenvalue weighted by Crippen LogP contribution is 2.45. The molecule has 0 saturated heterocycles. The summed E-state index contributed by atoms with van der Waals surface area (Å²) in [7, 11) is -4.74. The van der Waals surface area contributed by atoms with Gasteiger partial charge in [-0.05, 0) is 54.3 Å². The Morgan fingerprint density at radius 1 is 0.822 bits per heavy atom. The molecule has 2 N–H and O–H groups in total. The Bertz CT molecular complexity index is 2010. The monoisotopic (exact) mass is 665 g/mol. The van der Waals surface area contributed by atoms with E-state index in [0.29, 0.717) is 22.1 Å². The number of phenolic OH excluding ortho intramolecular Hbond substituents is 1. The highest BCUT2D eigenvalue weighted by Gasteiger charge is 2.25. The lowest BCUT2D eigenvalue weighted by Crippen LogP contribution is -2.25. The Labute approximate surface area is 272 Å². The van der Waals surface area contributed by atoms with Crippen LogP contribution in [-0.2, 0) is 10.1 Å². The number of aromatic hydroxyl groups is 1. The molecule has 0 amide bonds. The van der Waals surface area contributed by atoms with Crippen molar-refractivity contribution in [1.82, 2.24) is 0 Å². The Balaban J connectivity index is 1.58. The van der Waals surface area contributed by atoms with E-state index >= 15 is 0 Å². The fourth-order valence-electron chi connectivity index (χ4n) is 5.31. The molecule has 0 saturated carbocycles. The van der Waals surface area contributed by atoms with Gasteiger partial charge in [0.25, 0.3) is 10.1 Å². The summed E-state index contributed by atoms with van der Waals surface area (Å²) < 4.78 is 41.8.